The molecule has 0 aliphatic rings. The van der Waals surface area contributed by atoms with Crippen molar-refractivity contribution in [2.75, 3.05) is 0 Å². The molecule has 0 radical (unpaired) electrons. The van der Waals surface area contributed by atoms with Crippen molar-refractivity contribution < 1.29 is 23.5 Å². The van der Waals surface area contributed by atoms with Crippen molar-refractivity contribution in [3.63, 3.8) is 0 Å². The number of thioether (sulfide) groups is 1. The molecule has 1 amide bonds. The molecule has 0 aromatic heterocycles. The third-order valence-corrected chi connectivity index (χ3v) is 6.01. The molecular weight excluding hydrogens is 424 g/mol. The molecule has 28 heavy (non-hydrogen) atoms. The fourth-order valence-corrected chi connectivity index (χ4v) is 4.00. The van der Waals surface area contributed by atoms with Gasteiger partial charge in [0.2, 0.25) is 5.91 Å². The number of nitrogens with one attached hydrogen (secondary N) is 1. The molecule has 1 atom stereocenters. The first-order valence-corrected chi connectivity index (χ1v) is 11.0. The predicted molar refractivity (Wildman–Crippen MR) is 111 cm³/mol. The third kappa shape index (κ3) is 6.62. The number of benzene rings is 2. The highest BCUT2D eigenvalue weighted by Gasteiger charge is 2.36. The lowest BCUT2D eigenvalue weighted by atomic mass is 10.1. The zero-order chi connectivity index (χ0) is 20.7. The van der Waals surface area contributed by atoms with Crippen LogP contribution in [-0.2, 0) is 15.8 Å². The first-order chi connectivity index (χ1) is 13.2. The van der Waals surface area contributed by atoms with Gasteiger partial charge >= 0.3 is 7.60 Å². The Bertz CT molecular complexity index is 930. The van der Waals surface area contributed by atoms with Crippen LogP contribution in [0.15, 0.2) is 65.5 Å². The summed E-state index contributed by atoms with van der Waals surface area (Å²) in [4.78, 5) is 32.5. The summed E-state index contributed by atoms with van der Waals surface area (Å²) < 4.78 is 24.8. The second-order valence-corrected chi connectivity index (χ2v) is 8.99. The molecule has 0 saturated heterocycles. The van der Waals surface area contributed by atoms with Crippen molar-refractivity contribution in [2.24, 2.45) is 0 Å². The topological polar surface area (TPSA) is 86.6 Å². The summed E-state index contributed by atoms with van der Waals surface area (Å²) in [6.45, 7) is 3.62. The number of amides is 1. The Hall–Kier alpha value is -1.89. The predicted octanol–water partition coefficient (Wildman–Crippen LogP) is 4.59. The van der Waals surface area contributed by atoms with Crippen molar-refractivity contribution in [1.29, 1.82) is 0 Å². The Morgan fingerprint density at radius 1 is 1.29 bits per heavy atom. The van der Waals surface area contributed by atoms with Crippen molar-refractivity contribution >= 4 is 42.9 Å². The quantitative estimate of drug-likeness (QED) is 0.412. The van der Waals surface area contributed by atoms with Crippen molar-refractivity contribution in [1.82, 2.24) is 5.32 Å². The monoisotopic (exact) mass is 441 g/mol. The average Bonchev–Trinajstić information content (AvgIpc) is 2.62. The van der Waals surface area contributed by atoms with Crippen molar-refractivity contribution in [2.45, 2.75) is 17.0 Å². The van der Waals surface area contributed by atoms with Gasteiger partial charge in [-0.2, -0.15) is 0 Å². The van der Waals surface area contributed by atoms with Gasteiger partial charge in [-0.15, -0.1) is 0 Å². The lowest BCUT2D eigenvalue weighted by Crippen LogP contribution is -2.33. The molecule has 2 aromatic rings. The molecule has 1 unspecified atom stereocenters. The molecule has 0 bridgehead atoms. The highest BCUT2D eigenvalue weighted by molar-refractivity contribution is 8.02. The molecule has 0 aliphatic carbocycles. The summed E-state index contributed by atoms with van der Waals surface area (Å²) in [6, 6.07) is 10.4. The number of halogens is 2. The van der Waals surface area contributed by atoms with Crippen LogP contribution in [0.1, 0.15) is 11.1 Å². The van der Waals surface area contributed by atoms with Crippen LogP contribution in [0.4, 0.5) is 4.39 Å². The first kappa shape index (κ1) is 22.4. The maximum Gasteiger partial charge on any atom is 0.338 e. The molecule has 0 aliphatic heterocycles. The van der Waals surface area contributed by atoms with Crippen LogP contribution in [0.5, 0.6) is 0 Å². The Labute approximate surface area is 171 Å². The molecule has 0 spiro atoms. The largest absolute Gasteiger partial charge is 0.338 e. The van der Waals surface area contributed by atoms with Crippen molar-refractivity contribution in [3.05, 3.63) is 82.6 Å². The van der Waals surface area contributed by atoms with E-state index in [4.69, 9.17) is 11.6 Å². The second-order valence-electron chi connectivity index (χ2n) is 5.74. The number of hydrogen-bond acceptors (Lipinski definition) is 3. The molecule has 9 heteroatoms. The van der Waals surface area contributed by atoms with Crippen LogP contribution in [-0.4, -0.2) is 21.4 Å². The molecule has 5 nitrogen and oxygen atoms in total. The zero-order valence-electron chi connectivity index (χ0n) is 14.6. The van der Waals surface area contributed by atoms with E-state index in [9.17, 15) is 23.5 Å². The highest BCUT2D eigenvalue weighted by Crippen LogP contribution is 2.44. The van der Waals surface area contributed by atoms with Gasteiger partial charge in [-0.1, -0.05) is 42.1 Å². The minimum atomic E-state index is -4.74. The van der Waals surface area contributed by atoms with E-state index in [0.717, 1.165) is 0 Å². The number of carbonyl (C=O) groups is 1. The standard InChI is InChI=1S/C19H18ClFNO4PS/c1-2-28-18-8-5-15(20)11-14(18)12-17(27(24,25)26)19(23)22-10-9-13-3-6-16(21)7-4-13/h2-11,17H,1,12H2,(H,22,23)(H2,24,25,26)/b10-9+. The van der Waals surface area contributed by atoms with Gasteiger partial charge in [-0.25, -0.2) is 4.39 Å². The highest BCUT2D eigenvalue weighted by atomic mass is 35.5. The van der Waals surface area contributed by atoms with E-state index >= 15 is 0 Å². The first-order valence-electron chi connectivity index (χ1n) is 8.04. The summed E-state index contributed by atoms with van der Waals surface area (Å²) in [7, 11) is -4.74. The average molecular weight is 442 g/mol. The Kier molecular flexibility index (Phi) is 8.04. The van der Waals surface area contributed by atoms with E-state index in [1.165, 1.54) is 48.3 Å². The van der Waals surface area contributed by atoms with Gasteiger partial charge in [0.05, 0.1) is 0 Å². The van der Waals surface area contributed by atoms with Crippen LogP contribution in [0.25, 0.3) is 6.08 Å². The van der Waals surface area contributed by atoms with E-state index in [2.05, 4.69) is 11.9 Å². The summed E-state index contributed by atoms with van der Waals surface area (Å²) in [5, 5.41) is 4.34. The number of carbonyl (C=O) groups excluding carboxylic acids is 1. The van der Waals surface area contributed by atoms with Crippen LogP contribution in [0.2, 0.25) is 5.02 Å². The van der Waals surface area contributed by atoms with E-state index in [1.54, 1.807) is 23.6 Å². The normalized spacial score (nSPS) is 12.7. The minimum absolute atomic E-state index is 0.197. The van der Waals surface area contributed by atoms with Gasteiger partial charge in [0.1, 0.15) is 11.5 Å². The van der Waals surface area contributed by atoms with E-state index in [1.807, 2.05) is 0 Å². The fourth-order valence-electron chi connectivity index (χ4n) is 2.38. The van der Waals surface area contributed by atoms with Gasteiger partial charge in [0, 0.05) is 16.1 Å². The lowest BCUT2D eigenvalue weighted by Gasteiger charge is -2.18. The van der Waals surface area contributed by atoms with Crippen LogP contribution in [0.3, 0.4) is 0 Å². The summed E-state index contributed by atoms with van der Waals surface area (Å²) in [5.74, 6) is -1.22. The number of rotatable bonds is 8. The Morgan fingerprint density at radius 2 is 1.96 bits per heavy atom. The second kappa shape index (κ2) is 10.0. The Balaban J connectivity index is 2.18. The van der Waals surface area contributed by atoms with Gasteiger partial charge in [-0.05, 0) is 59.4 Å². The zero-order valence-corrected chi connectivity index (χ0v) is 17.1. The van der Waals surface area contributed by atoms with E-state index in [-0.39, 0.29) is 6.42 Å². The summed E-state index contributed by atoms with van der Waals surface area (Å²) >= 11 is 7.26. The van der Waals surface area contributed by atoms with Gasteiger partial charge in [0.15, 0.2) is 0 Å². The summed E-state index contributed by atoms with van der Waals surface area (Å²) in [6.07, 6.45) is 2.55. The SMILES string of the molecule is C=CSc1ccc(Cl)cc1CC(C(=O)N/C=C/c1ccc(F)cc1)P(=O)(O)O. The van der Waals surface area contributed by atoms with Gasteiger partial charge < -0.3 is 15.1 Å². The molecule has 148 valence electrons. The maximum atomic E-state index is 12.9. The molecule has 0 fully saturated rings. The van der Waals surface area contributed by atoms with Crippen molar-refractivity contribution in [3.8, 4) is 0 Å². The minimum Gasteiger partial charge on any atom is -0.332 e. The van der Waals surface area contributed by atoms with E-state index in [0.29, 0.717) is 21.0 Å². The molecule has 0 heterocycles. The van der Waals surface area contributed by atoms with Crippen LogP contribution >= 0.6 is 31.0 Å². The third-order valence-electron chi connectivity index (χ3n) is 3.73. The van der Waals surface area contributed by atoms with Gasteiger partial charge in [0.25, 0.3) is 0 Å². The smallest absolute Gasteiger partial charge is 0.332 e. The van der Waals surface area contributed by atoms with Gasteiger partial charge in [-0.3, -0.25) is 9.36 Å². The van der Waals surface area contributed by atoms with Crippen LogP contribution < -0.4 is 5.32 Å². The Morgan fingerprint density at radius 3 is 2.57 bits per heavy atom. The summed E-state index contributed by atoms with van der Waals surface area (Å²) in [5.41, 5.74) is -0.440. The number of hydrogen-bond donors (Lipinski definition) is 3. The fraction of sp³-hybridized carbons (Fsp3) is 0.105. The lowest BCUT2D eigenvalue weighted by molar-refractivity contribution is -0.120. The van der Waals surface area contributed by atoms with Crippen LogP contribution in [0, 0.1) is 5.82 Å². The molecule has 0 saturated carbocycles. The molecular formula is C19H18ClFNO4PS. The molecule has 2 rings (SSSR count). The molecule has 3 N–H and O–H groups in total. The van der Waals surface area contributed by atoms with E-state index < -0.39 is 25.0 Å². The molecule has 2 aromatic carbocycles. The maximum absolute atomic E-state index is 12.9.